The highest BCUT2D eigenvalue weighted by Gasteiger charge is 2.03. The number of aryl methyl sites for hydroxylation is 1. The van der Waals surface area contributed by atoms with Gasteiger partial charge in [0.2, 0.25) is 0 Å². The molecule has 0 atom stereocenters. The molecule has 0 aliphatic carbocycles. The first-order valence-corrected chi connectivity index (χ1v) is 4.28. The van der Waals surface area contributed by atoms with E-state index in [9.17, 15) is 0 Å². The van der Waals surface area contributed by atoms with Crippen molar-refractivity contribution in [1.29, 1.82) is 0 Å². The SMILES string of the molecule is Cc1nc(Cn2cc(CN)nn2)co1. The van der Waals surface area contributed by atoms with E-state index < -0.39 is 0 Å². The van der Waals surface area contributed by atoms with E-state index in [0.717, 1.165) is 11.4 Å². The molecule has 0 saturated heterocycles. The van der Waals surface area contributed by atoms with Gasteiger partial charge in [0.1, 0.15) is 12.0 Å². The first kappa shape index (κ1) is 8.89. The number of hydrogen-bond acceptors (Lipinski definition) is 5. The molecule has 2 aromatic heterocycles. The van der Waals surface area contributed by atoms with Crippen molar-refractivity contribution in [2.45, 2.75) is 20.0 Å². The van der Waals surface area contributed by atoms with Crippen molar-refractivity contribution >= 4 is 0 Å². The molecule has 6 heteroatoms. The van der Waals surface area contributed by atoms with E-state index >= 15 is 0 Å². The highest BCUT2D eigenvalue weighted by atomic mass is 16.3. The van der Waals surface area contributed by atoms with Gasteiger partial charge in [-0.3, -0.25) is 0 Å². The smallest absolute Gasteiger partial charge is 0.191 e. The summed E-state index contributed by atoms with van der Waals surface area (Å²) in [5.74, 6) is 0.652. The monoisotopic (exact) mass is 193 g/mol. The van der Waals surface area contributed by atoms with Crippen LogP contribution in [0.4, 0.5) is 0 Å². The Kier molecular flexibility index (Phi) is 2.28. The third-order valence-electron chi connectivity index (χ3n) is 1.79. The van der Waals surface area contributed by atoms with Crippen molar-refractivity contribution in [2.24, 2.45) is 5.73 Å². The van der Waals surface area contributed by atoms with Crippen LogP contribution in [-0.4, -0.2) is 20.0 Å². The number of rotatable bonds is 3. The quantitative estimate of drug-likeness (QED) is 0.746. The van der Waals surface area contributed by atoms with Crippen molar-refractivity contribution in [1.82, 2.24) is 20.0 Å². The van der Waals surface area contributed by atoms with E-state index in [1.165, 1.54) is 0 Å². The number of nitrogens with two attached hydrogens (primary N) is 1. The molecule has 2 aromatic rings. The maximum Gasteiger partial charge on any atom is 0.191 e. The van der Waals surface area contributed by atoms with Crippen molar-refractivity contribution in [3.05, 3.63) is 29.7 Å². The van der Waals surface area contributed by atoms with Gasteiger partial charge < -0.3 is 10.2 Å². The van der Waals surface area contributed by atoms with Gasteiger partial charge in [-0.15, -0.1) is 5.10 Å². The number of aromatic nitrogens is 4. The first-order chi connectivity index (χ1) is 6.78. The van der Waals surface area contributed by atoms with Gasteiger partial charge in [0.05, 0.1) is 18.4 Å². The fourth-order valence-corrected chi connectivity index (χ4v) is 1.16. The Morgan fingerprint density at radius 2 is 2.36 bits per heavy atom. The van der Waals surface area contributed by atoms with Gasteiger partial charge in [-0.2, -0.15) is 0 Å². The summed E-state index contributed by atoms with van der Waals surface area (Å²) in [7, 11) is 0. The summed E-state index contributed by atoms with van der Waals surface area (Å²) in [6.45, 7) is 2.76. The second kappa shape index (κ2) is 3.59. The zero-order chi connectivity index (χ0) is 9.97. The second-order valence-corrected chi connectivity index (χ2v) is 2.97. The molecule has 0 unspecified atom stereocenters. The zero-order valence-electron chi connectivity index (χ0n) is 7.84. The summed E-state index contributed by atoms with van der Waals surface area (Å²) >= 11 is 0. The van der Waals surface area contributed by atoms with Gasteiger partial charge >= 0.3 is 0 Å². The minimum atomic E-state index is 0.401. The molecule has 0 aliphatic rings. The number of nitrogens with zero attached hydrogens (tertiary/aromatic N) is 4. The Bertz CT molecular complexity index is 419. The van der Waals surface area contributed by atoms with Gasteiger partial charge in [0.25, 0.3) is 0 Å². The summed E-state index contributed by atoms with van der Waals surface area (Å²) in [6, 6.07) is 0. The average Bonchev–Trinajstić information content (AvgIpc) is 2.76. The molecular weight excluding hydrogens is 182 g/mol. The second-order valence-electron chi connectivity index (χ2n) is 2.97. The topological polar surface area (TPSA) is 82.8 Å². The lowest BCUT2D eigenvalue weighted by Gasteiger charge is -1.93. The van der Waals surface area contributed by atoms with Crippen LogP contribution in [0.2, 0.25) is 0 Å². The molecule has 0 aliphatic heterocycles. The van der Waals surface area contributed by atoms with E-state index in [-0.39, 0.29) is 0 Å². The van der Waals surface area contributed by atoms with E-state index in [0.29, 0.717) is 19.0 Å². The molecule has 0 aromatic carbocycles. The highest BCUT2D eigenvalue weighted by Crippen LogP contribution is 2.02. The lowest BCUT2D eigenvalue weighted by molar-refractivity contribution is 0.519. The largest absolute Gasteiger partial charge is 0.449 e. The summed E-state index contributed by atoms with van der Waals surface area (Å²) in [5.41, 5.74) is 7.01. The maximum atomic E-state index is 5.41. The zero-order valence-corrected chi connectivity index (χ0v) is 7.84. The molecule has 2 N–H and O–H groups in total. The van der Waals surface area contributed by atoms with Crippen LogP contribution in [0.3, 0.4) is 0 Å². The Morgan fingerprint density at radius 3 is 2.93 bits per heavy atom. The lowest BCUT2D eigenvalue weighted by Crippen LogP contribution is -2.00. The van der Waals surface area contributed by atoms with Crippen LogP contribution in [0.1, 0.15) is 17.3 Å². The third kappa shape index (κ3) is 1.80. The van der Waals surface area contributed by atoms with Crippen LogP contribution >= 0.6 is 0 Å². The van der Waals surface area contributed by atoms with Crippen LogP contribution in [-0.2, 0) is 13.1 Å². The molecule has 0 amide bonds. The number of oxazole rings is 1. The van der Waals surface area contributed by atoms with Gasteiger partial charge in [-0.1, -0.05) is 5.21 Å². The van der Waals surface area contributed by atoms with Crippen molar-refractivity contribution in [2.75, 3.05) is 0 Å². The fourth-order valence-electron chi connectivity index (χ4n) is 1.16. The predicted octanol–water partition coefficient (Wildman–Crippen LogP) is 0.0815. The standard InChI is InChI=1S/C8H11N5O/c1-6-10-8(5-14-6)4-13-3-7(2-9)11-12-13/h3,5H,2,4,9H2,1H3. The van der Waals surface area contributed by atoms with Crippen LogP contribution in [0.15, 0.2) is 16.9 Å². The average molecular weight is 193 g/mol. The first-order valence-electron chi connectivity index (χ1n) is 4.28. The number of hydrogen-bond donors (Lipinski definition) is 1. The summed E-state index contributed by atoms with van der Waals surface area (Å²) in [4.78, 5) is 4.15. The predicted molar refractivity (Wildman–Crippen MR) is 48.3 cm³/mol. The Labute approximate surface area is 80.7 Å². The van der Waals surface area contributed by atoms with E-state index in [1.54, 1.807) is 24.1 Å². The molecule has 14 heavy (non-hydrogen) atoms. The molecule has 0 fully saturated rings. The van der Waals surface area contributed by atoms with Crippen LogP contribution < -0.4 is 5.73 Å². The molecule has 6 nitrogen and oxygen atoms in total. The third-order valence-corrected chi connectivity index (χ3v) is 1.79. The van der Waals surface area contributed by atoms with Gasteiger partial charge in [0, 0.05) is 13.5 Å². The van der Waals surface area contributed by atoms with Crippen molar-refractivity contribution < 1.29 is 4.42 Å². The minimum absolute atomic E-state index is 0.401. The molecule has 2 rings (SSSR count). The van der Waals surface area contributed by atoms with E-state index in [4.69, 9.17) is 10.2 Å². The molecule has 2 heterocycles. The normalized spacial score (nSPS) is 10.7. The van der Waals surface area contributed by atoms with Gasteiger partial charge in [-0.05, 0) is 0 Å². The van der Waals surface area contributed by atoms with Crippen LogP contribution in [0.5, 0.6) is 0 Å². The van der Waals surface area contributed by atoms with Crippen molar-refractivity contribution in [3.63, 3.8) is 0 Å². The maximum absolute atomic E-state index is 5.41. The lowest BCUT2D eigenvalue weighted by atomic mass is 10.4. The minimum Gasteiger partial charge on any atom is -0.449 e. The molecule has 0 saturated carbocycles. The Morgan fingerprint density at radius 1 is 1.50 bits per heavy atom. The van der Waals surface area contributed by atoms with E-state index in [2.05, 4.69) is 15.3 Å². The van der Waals surface area contributed by atoms with Gasteiger partial charge in [-0.25, -0.2) is 9.67 Å². The summed E-state index contributed by atoms with van der Waals surface area (Å²) in [5, 5.41) is 7.76. The fraction of sp³-hybridized carbons (Fsp3) is 0.375. The van der Waals surface area contributed by atoms with Crippen molar-refractivity contribution in [3.8, 4) is 0 Å². The Hall–Kier alpha value is -1.69. The molecule has 0 spiro atoms. The van der Waals surface area contributed by atoms with E-state index in [1.807, 2.05) is 0 Å². The summed E-state index contributed by atoms with van der Waals surface area (Å²) < 4.78 is 6.75. The molecular formula is C8H11N5O. The van der Waals surface area contributed by atoms with Crippen LogP contribution in [0.25, 0.3) is 0 Å². The summed E-state index contributed by atoms with van der Waals surface area (Å²) in [6.07, 6.45) is 3.41. The van der Waals surface area contributed by atoms with Gasteiger partial charge in [0.15, 0.2) is 5.89 Å². The van der Waals surface area contributed by atoms with Crippen LogP contribution in [0, 0.1) is 6.92 Å². The highest BCUT2D eigenvalue weighted by molar-refractivity contribution is 4.98. The Balaban J connectivity index is 2.10. The molecule has 0 radical (unpaired) electrons. The molecule has 74 valence electrons. The molecule has 0 bridgehead atoms.